The molecule has 0 aliphatic carbocycles. The van der Waals surface area contributed by atoms with Gasteiger partial charge in [-0.1, -0.05) is 29.4 Å². The van der Waals surface area contributed by atoms with Gasteiger partial charge in [0.05, 0.1) is 18.7 Å². The largest absolute Gasteiger partial charge is 0.494 e. The van der Waals surface area contributed by atoms with Crippen molar-refractivity contribution in [3.05, 3.63) is 75.8 Å². The van der Waals surface area contributed by atoms with Crippen LogP contribution in [0.2, 0.25) is 5.02 Å². The molecule has 0 radical (unpaired) electrons. The standard InChI is InChI=1S/C21H18ClFN4O2S2/c1-2-28-15-8-6-13(7-9-15)24-20-25-14(11-30-20)10-19-26-27-21(29-19)31-12-16-17(22)4-3-5-18(16)23/h3-9,11H,2,10,12H2,1H3,(H,24,25). The lowest BCUT2D eigenvalue weighted by Crippen LogP contribution is -1.94. The van der Waals surface area contributed by atoms with Crippen LogP contribution in [0.15, 0.2) is 57.5 Å². The van der Waals surface area contributed by atoms with E-state index >= 15 is 0 Å². The first-order valence-electron chi connectivity index (χ1n) is 9.43. The first kappa shape index (κ1) is 21.6. The second kappa shape index (κ2) is 10.1. The highest BCUT2D eigenvalue weighted by atomic mass is 35.5. The van der Waals surface area contributed by atoms with Gasteiger partial charge in [-0.25, -0.2) is 9.37 Å². The molecule has 0 unspecified atom stereocenters. The molecular weight excluding hydrogens is 459 g/mol. The van der Waals surface area contributed by atoms with E-state index in [0.29, 0.717) is 40.5 Å². The third-order valence-electron chi connectivity index (χ3n) is 4.15. The Morgan fingerprint density at radius 2 is 2.03 bits per heavy atom. The number of ether oxygens (including phenoxy) is 1. The van der Waals surface area contributed by atoms with Crippen molar-refractivity contribution in [3.63, 3.8) is 0 Å². The number of nitrogens with zero attached hydrogens (tertiary/aromatic N) is 3. The van der Waals surface area contributed by atoms with Crippen molar-refractivity contribution in [2.45, 2.75) is 24.3 Å². The molecule has 0 saturated heterocycles. The maximum absolute atomic E-state index is 13.9. The second-order valence-electron chi connectivity index (χ2n) is 6.35. The van der Waals surface area contributed by atoms with Gasteiger partial charge >= 0.3 is 0 Å². The average Bonchev–Trinajstić information content (AvgIpc) is 3.39. The van der Waals surface area contributed by atoms with E-state index in [-0.39, 0.29) is 5.82 Å². The van der Waals surface area contributed by atoms with Gasteiger partial charge in [0, 0.05) is 27.4 Å². The maximum Gasteiger partial charge on any atom is 0.276 e. The van der Waals surface area contributed by atoms with Crippen LogP contribution in [0.1, 0.15) is 24.1 Å². The normalized spacial score (nSPS) is 10.9. The van der Waals surface area contributed by atoms with E-state index < -0.39 is 0 Å². The van der Waals surface area contributed by atoms with Crippen molar-refractivity contribution in [1.82, 2.24) is 15.2 Å². The van der Waals surface area contributed by atoms with Gasteiger partial charge in [0.15, 0.2) is 5.13 Å². The molecule has 2 aromatic carbocycles. The molecule has 0 aliphatic heterocycles. The fourth-order valence-corrected chi connectivity index (χ4v) is 4.55. The van der Waals surface area contributed by atoms with E-state index in [0.717, 1.165) is 22.3 Å². The van der Waals surface area contributed by atoms with Crippen LogP contribution in [0, 0.1) is 5.82 Å². The Hall–Kier alpha value is -2.62. The summed E-state index contributed by atoms with van der Waals surface area (Å²) in [5.41, 5.74) is 2.15. The maximum atomic E-state index is 13.9. The fourth-order valence-electron chi connectivity index (χ4n) is 2.70. The van der Waals surface area contributed by atoms with Crippen LogP contribution < -0.4 is 10.1 Å². The summed E-state index contributed by atoms with van der Waals surface area (Å²) >= 11 is 8.78. The van der Waals surface area contributed by atoms with Crippen molar-refractivity contribution in [2.24, 2.45) is 0 Å². The highest BCUT2D eigenvalue weighted by molar-refractivity contribution is 7.98. The second-order valence-corrected chi connectivity index (χ2v) is 8.55. The first-order chi connectivity index (χ1) is 15.1. The van der Waals surface area contributed by atoms with Crippen LogP contribution in [-0.2, 0) is 12.2 Å². The van der Waals surface area contributed by atoms with Crippen molar-refractivity contribution >= 4 is 45.5 Å². The summed E-state index contributed by atoms with van der Waals surface area (Å²) in [6.07, 6.45) is 0.412. The van der Waals surface area contributed by atoms with E-state index in [1.807, 2.05) is 36.6 Å². The lowest BCUT2D eigenvalue weighted by molar-refractivity contribution is 0.340. The van der Waals surface area contributed by atoms with Crippen LogP contribution in [-0.4, -0.2) is 21.8 Å². The van der Waals surface area contributed by atoms with Gasteiger partial charge in [0.25, 0.3) is 5.22 Å². The SMILES string of the molecule is CCOc1ccc(Nc2nc(Cc3nnc(SCc4c(F)cccc4Cl)o3)cs2)cc1. The lowest BCUT2D eigenvalue weighted by Gasteiger charge is -2.05. The Morgan fingerprint density at radius 1 is 1.19 bits per heavy atom. The van der Waals surface area contributed by atoms with Crippen molar-refractivity contribution in [3.8, 4) is 5.75 Å². The molecular formula is C21H18ClFN4O2S2. The summed E-state index contributed by atoms with van der Waals surface area (Å²) < 4.78 is 25.0. The molecule has 0 aliphatic rings. The van der Waals surface area contributed by atoms with Gasteiger partial charge in [-0.05, 0) is 43.3 Å². The molecule has 4 rings (SSSR count). The highest BCUT2D eigenvalue weighted by Gasteiger charge is 2.13. The Morgan fingerprint density at radius 3 is 2.81 bits per heavy atom. The molecule has 0 spiro atoms. The lowest BCUT2D eigenvalue weighted by atomic mass is 10.2. The number of aromatic nitrogens is 3. The third-order valence-corrected chi connectivity index (χ3v) is 6.16. The number of thiazole rings is 1. The van der Waals surface area contributed by atoms with Crippen molar-refractivity contribution in [1.29, 1.82) is 0 Å². The predicted octanol–water partition coefficient (Wildman–Crippen LogP) is 6.34. The Labute approximate surface area is 191 Å². The Kier molecular flexibility index (Phi) is 7.06. The van der Waals surface area contributed by atoms with Crippen LogP contribution in [0.5, 0.6) is 5.75 Å². The van der Waals surface area contributed by atoms with Crippen molar-refractivity contribution in [2.75, 3.05) is 11.9 Å². The molecule has 31 heavy (non-hydrogen) atoms. The topological polar surface area (TPSA) is 73.1 Å². The fraction of sp³-hybridized carbons (Fsp3) is 0.190. The minimum atomic E-state index is -0.352. The van der Waals surface area contributed by atoms with E-state index in [4.69, 9.17) is 20.8 Å². The zero-order chi connectivity index (χ0) is 21.6. The molecule has 0 bridgehead atoms. The molecule has 0 saturated carbocycles. The number of benzene rings is 2. The average molecular weight is 477 g/mol. The molecule has 0 amide bonds. The number of rotatable bonds is 9. The minimum Gasteiger partial charge on any atom is -0.494 e. The quantitative estimate of drug-likeness (QED) is 0.282. The molecule has 10 heteroatoms. The number of hydrogen-bond donors (Lipinski definition) is 1. The van der Waals surface area contributed by atoms with E-state index in [1.54, 1.807) is 12.1 Å². The van der Waals surface area contributed by atoms with Crippen molar-refractivity contribution < 1.29 is 13.5 Å². The molecule has 1 N–H and O–H groups in total. The van der Waals surface area contributed by atoms with E-state index in [2.05, 4.69) is 20.5 Å². The minimum absolute atomic E-state index is 0.306. The Balaban J connectivity index is 1.33. The zero-order valence-corrected chi connectivity index (χ0v) is 18.9. The molecule has 2 aromatic heterocycles. The van der Waals surface area contributed by atoms with E-state index in [9.17, 15) is 4.39 Å². The van der Waals surface area contributed by atoms with Crippen LogP contribution in [0.3, 0.4) is 0 Å². The predicted molar refractivity (Wildman–Crippen MR) is 121 cm³/mol. The van der Waals surface area contributed by atoms with Gasteiger partial charge in [0.2, 0.25) is 5.89 Å². The monoisotopic (exact) mass is 476 g/mol. The van der Waals surface area contributed by atoms with Crippen LogP contribution in [0.25, 0.3) is 0 Å². The van der Waals surface area contributed by atoms with E-state index in [1.165, 1.54) is 29.2 Å². The number of nitrogens with one attached hydrogen (secondary N) is 1. The molecule has 0 atom stereocenters. The third kappa shape index (κ3) is 5.75. The van der Waals surface area contributed by atoms with Gasteiger partial charge in [0.1, 0.15) is 11.6 Å². The summed E-state index contributed by atoms with van der Waals surface area (Å²) in [5.74, 6) is 1.23. The molecule has 0 fully saturated rings. The zero-order valence-electron chi connectivity index (χ0n) is 16.5. The molecule has 2 heterocycles. The number of thioether (sulfide) groups is 1. The summed E-state index contributed by atoms with van der Waals surface area (Å²) in [5, 5.41) is 14.8. The summed E-state index contributed by atoms with van der Waals surface area (Å²) in [6.45, 7) is 2.59. The summed E-state index contributed by atoms with van der Waals surface area (Å²) in [6, 6.07) is 12.3. The molecule has 160 valence electrons. The molecule has 4 aromatic rings. The number of halogens is 2. The smallest absolute Gasteiger partial charge is 0.276 e. The Bertz CT molecular complexity index is 1130. The number of hydrogen-bond acceptors (Lipinski definition) is 8. The van der Waals surface area contributed by atoms with Gasteiger partial charge < -0.3 is 14.5 Å². The first-order valence-corrected chi connectivity index (χ1v) is 11.7. The van der Waals surface area contributed by atoms with Crippen LogP contribution in [0.4, 0.5) is 15.2 Å². The highest BCUT2D eigenvalue weighted by Crippen LogP contribution is 2.29. The van der Waals surface area contributed by atoms with Crippen LogP contribution >= 0.6 is 34.7 Å². The summed E-state index contributed by atoms with van der Waals surface area (Å²) in [4.78, 5) is 4.56. The molecule has 6 nitrogen and oxygen atoms in total. The van der Waals surface area contributed by atoms with Gasteiger partial charge in [-0.15, -0.1) is 21.5 Å². The van der Waals surface area contributed by atoms with Gasteiger partial charge in [-0.2, -0.15) is 0 Å². The number of anilines is 2. The summed E-state index contributed by atoms with van der Waals surface area (Å²) in [7, 11) is 0. The van der Waals surface area contributed by atoms with Gasteiger partial charge in [-0.3, -0.25) is 0 Å².